The van der Waals surface area contributed by atoms with Gasteiger partial charge in [-0.25, -0.2) is 0 Å². The predicted octanol–water partition coefficient (Wildman–Crippen LogP) is 10.4. The summed E-state index contributed by atoms with van der Waals surface area (Å²) in [4.78, 5) is 0. The van der Waals surface area contributed by atoms with Crippen LogP contribution >= 0.6 is 0 Å². The highest BCUT2D eigenvalue weighted by Crippen LogP contribution is 2.48. The van der Waals surface area contributed by atoms with Crippen LogP contribution in [0, 0.1) is 27.7 Å². The molecule has 238 valence electrons. The van der Waals surface area contributed by atoms with Gasteiger partial charge in [0.2, 0.25) is 0 Å². The first-order valence-corrected chi connectivity index (χ1v) is 16.2. The van der Waals surface area contributed by atoms with Crippen LogP contribution < -0.4 is 0 Å². The van der Waals surface area contributed by atoms with E-state index in [-0.39, 0.29) is 34.8 Å². The summed E-state index contributed by atoms with van der Waals surface area (Å²) >= 11 is 0. The number of phenolic OH excluding ortho intramolecular Hbond substituents is 4. The Kier molecular flexibility index (Phi) is 7.80. The third-order valence-electron chi connectivity index (χ3n) is 9.81. The molecular weight excluding hydrogens is 592 g/mol. The Bertz CT molecular complexity index is 2030. The summed E-state index contributed by atoms with van der Waals surface area (Å²) in [6.45, 7) is 7.67. The summed E-state index contributed by atoms with van der Waals surface area (Å²) in [5.74, 6) is 0.582. The lowest BCUT2D eigenvalue weighted by Crippen LogP contribution is -2.10. The van der Waals surface area contributed by atoms with Crippen LogP contribution in [-0.2, 0) is 0 Å². The molecule has 7 rings (SSSR count). The van der Waals surface area contributed by atoms with Gasteiger partial charge in [-0.2, -0.15) is 0 Å². The normalized spacial score (nSPS) is 11.6. The zero-order valence-corrected chi connectivity index (χ0v) is 27.5. The highest BCUT2D eigenvalue weighted by atomic mass is 16.3. The van der Waals surface area contributed by atoms with Gasteiger partial charge in [-0.15, -0.1) is 0 Å². The molecule has 0 unspecified atom stereocenters. The molecule has 7 aromatic carbocycles. The van der Waals surface area contributed by atoms with Crippen LogP contribution in [0.3, 0.4) is 0 Å². The standard InChI is InChI=1S/C44H38O4/c1-25-21-29(13-17-37(25)45)41(30-14-18-38(46)26(2)22-30)43-33-9-5-7-11-35(33)44(36-12-8-6-10-34(36)43)42(31-15-19-39(47)27(3)23-31)32-16-20-40(48)28(4)24-32/h5-24,41-42,45-48H,1-4H3. The van der Waals surface area contributed by atoms with Gasteiger partial charge in [-0.3, -0.25) is 0 Å². The molecule has 0 radical (unpaired) electrons. The summed E-state index contributed by atoms with van der Waals surface area (Å²) in [6, 6.07) is 40.3. The fourth-order valence-electron chi connectivity index (χ4n) is 7.30. The Labute approximate surface area is 280 Å². The molecule has 4 heteroatoms. The molecule has 0 bridgehead atoms. The van der Waals surface area contributed by atoms with Gasteiger partial charge in [-0.1, -0.05) is 97.1 Å². The lowest BCUT2D eigenvalue weighted by molar-refractivity contribution is 0.470. The molecule has 0 aliphatic rings. The number of aromatic hydroxyl groups is 4. The van der Waals surface area contributed by atoms with E-state index in [9.17, 15) is 20.4 Å². The molecule has 0 fully saturated rings. The first-order valence-electron chi connectivity index (χ1n) is 16.2. The van der Waals surface area contributed by atoms with Crippen LogP contribution in [0.2, 0.25) is 0 Å². The fraction of sp³-hybridized carbons (Fsp3) is 0.136. The maximum atomic E-state index is 10.5. The maximum Gasteiger partial charge on any atom is 0.118 e. The lowest BCUT2D eigenvalue weighted by Gasteiger charge is -2.29. The van der Waals surface area contributed by atoms with Crippen LogP contribution in [0.25, 0.3) is 21.5 Å². The molecule has 0 aliphatic heterocycles. The van der Waals surface area contributed by atoms with E-state index in [1.807, 2.05) is 52.0 Å². The van der Waals surface area contributed by atoms with Crippen LogP contribution in [0.4, 0.5) is 0 Å². The summed E-state index contributed by atoms with van der Waals surface area (Å²) < 4.78 is 0. The molecular formula is C44H38O4. The molecule has 48 heavy (non-hydrogen) atoms. The van der Waals surface area contributed by atoms with E-state index in [1.165, 1.54) is 0 Å². The Morgan fingerprint density at radius 3 is 0.771 bits per heavy atom. The van der Waals surface area contributed by atoms with E-state index < -0.39 is 0 Å². The summed E-state index contributed by atoms with van der Waals surface area (Å²) in [5.41, 5.74) is 9.62. The Morgan fingerprint density at radius 2 is 0.562 bits per heavy atom. The van der Waals surface area contributed by atoms with Crippen molar-refractivity contribution in [1.82, 2.24) is 0 Å². The molecule has 0 atom stereocenters. The van der Waals surface area contributed by atoms with E-state index >= 15 is 0 Å². The van der Waals surface area contributed by atoms with Crippen molar-refractivity contribution in [2.75, 3.05) is 0 Å². The molecule has 0 saturated heterocycles. The molecule has 0 aliphatic carbocycles. The molecule has 0 amide bonds. The average Bonchev–Trinajstić information content (AvgIpc) is 3.08. The second-order valence-electron chi connectivity index (χ2n) is 13.0. The average molecular weight is 631 g/mol. The van der Waals surface area contributed by atoms with Gasteiger partial charge >= 0.3 is 0 Å². The second kappa shape index (κ2) is 12.1. The quantitative estimate of drug-likeness (QED) is 0.109. The molecule has 0 aromatic heterocycles. The van der Waals surface area contributed by atoms with E-state index in [0.717, 1.165) is 77.2 Å². The molecule has 7 aromatic rings. The second-order valence-corrected chi connectivity index (χ2v) is 13.0. The minimum absolute atomic E-state index is 0.210. The van der Waals surface area contributed by atoms with E-state index in [4.69, 9.17) is 0 Å². The number of benzene rings is 7. The highest BCUT2D eigenvalue weighted by molar-refractivity contribution is 6.08. The SMILES string of the molecule is Cc1cc(C(c2ccc(O)c(C)c2)c2c3ccccc3c(C(c3ccc(O)c(C)c3)c3ccc(O)c(C)c3)c3ccccc23)ccc1O. The molecule has 0 heterocycles. The van der Waals surface area contributed by atoms with Crippen molar-refractivity contribution in [2.24, 2.45) is 0 Å². The van der Waals surface area contributed by atoms with Crippen molar-refractivity contribution >= 4 is 21.5 Å². The summed E-state index contributed by atoms with van der Waals surface area (Å²) in [5, 5.41) is 46.5. The number of hydrogen-bond acceptors (Lipinski definition) is 4. The molecule has 4 N–H and O–H groups in total. The first kappa shape index (κ1) is 30.9. The number of fused-ring (bicyclic) bond motifs is 2. The highest BCUT2D eigenvalue weighted by Gasteiger charge is 2.29. The number of hydrogen-bond donors (Lipinski definition) is 4. The number of phenols is 4. The zero-order valence-electron chi connectivity index (χ0n) is 27.5. The largest absolute Gasteiger partial charge is 0.508 e. The fourth-order valence-corrected chi connectivity index (χ4v) is 7.30. The minimum atomic E-state index is -0.210. The van der Waals surface area contributed by atoms with Crippen molar-refractivity contribution < 1.29 is 20.4 Å². The van der Waals surface area contributed by atoms with Crippen molar-refractivity contribution in [3.8, 4) is 23.0 Å². The van der Waals surface area contributed by atoms with Crippen molar-refractivity contribution in [3.63, 3.8) is 0 Å². The number of aryl methyl sites for hydroxylation is 4. The smallest absolute Gasteiger partial charge is 0.118 e. The predicted molar refractivity (Wildman–Crippen MR) is 195 cm³/mol. The van der Waals surface area contributed by atoms with Gasteiger partial charge in [0.15, 0.2) is 0 Å². The maximum absolute atomic E-state index is 10.5. The summed E-state index contributed by atoms with van der Waals surface area (Å²) in [6.07, 6.45) is 0. The molecule has 0 spiro atoms. The third kappa shape index (κ3) is 5.29. The van der Waals surface area contributed by atoms with Crippen molar-refractivity contribution in [2.45, 2.75) is 39.5 Å². The van der Waals surface area contributed by atoms with Gasteiger partial charge in [0, 0.05) is 11.8 Å². The molecule has 0 saturated carbocycles. The van der Waals surface area contributed by atoms with E-state index in [0.29, 0.717) is 0 Å². The Morgan fingerprint density at radius 1 is 0.333 bits per heavy atom. The van der Waals surface area contributed by atoms with Gasteiger partial charge in [0.1, 0.15) is 23.0 Å². The molecule has 4 nitrogen and oxygen atoms in total. The Hall–Kier alpha value is -5.74. The van der Waals surface area contributed by atoms with Crippen LogP contribution in [0.1, 0.15) is 67.5 Å². The van der Waals surface area contributed by atoms with Gasteiger partial charge in [0.05, 0.1) is 0 Å². The van der Waals surface area contributed by atoms with Gasteiger partial charge in [-0.05, 0) is 129 Å². The third-order valence-corrected chi connectivity index (χ3v) is 9.81. The lowest BCUT2D eigenvalue weighted by atomic mass is 9.74. The first-order chi connectivity index (χ1) is 23.1. The van der Waals surface area contributed by atoms with Crippen LogP contribution in [-0.4, -0.2) is 20.4 Å². The zero-order chi connectivity index (χ0) is 33.7. The van der Waals surface area contributed by atoms with Crippen molar-refractivity contribution in [3.05, 3.63) is 177 Å². The van der Waals surface area contributed by atoms with Crippen LogP contribution in [0.15, 0.2) is 121 Å². The van der Waals surface area contributed by atoms with E-state index in [2.05, 4.69) is 72.8 Å². The van der Waals surface area contributed by atoms with Crippen LogP contribution in [0.5, 0.6) is 23.0 Å². The van der Waals surface area contributed by atoms with Gasteiger partial charge < -0.3 is 20.4 Å². The topological polar surface area (TPSA) is 80.9 Å². The number of rotatable bonds is 6. The van der Waals surface area contributed by atoms with E-state index in [1.54, 1.807) is 24.3 Å². The van der Waals surface area contributed by atoms with Crippen molar-refractivity contribution in [1.29, 1.82) is 0 Å². The minimum Gasteiger partial charge on any atom is -0.508 e. The van der Waals surface area contributed by atoms with Gasteiger partial charge in [0.25, 0.3) is 0 Å². The Balaban J connectivity index is 1.62. The monoisotopic (exact) mass is 630 g/mol. The summed E-state index contributed by atoms with van der Waals surface area (Å²) in [7, 11) is 0.